The number of amides is 1. The molecule has 1 aliphatic heterocycles. The minimum atomic E-state index is -3.87. The number of anilines is 1. The van der Waals surface area contributed by atoms with Crippen molar-refractivity contribution in [1.29, 1.82) is 0 Å². The van der Waals surface area contributed by atoms with Crippen molar-refractivity contribution in [3.8, 4) is 16.9 Å². The summed E-state index contributed by atoms with van der Waals surface area (Å²) in [6, 6.07) is 5.73. The number of pyridine rings is 2. The third-order valence-electron chi connectivity index (χ3n) is 6.79. The number of carbonyl (C=O) groups is 1. The van der Waals surface area contributed by atoms with Gasteiger partial charge in [0.15, 0.2) is 21.3 Å². The standard InChI is InChI=1S/C27H23ClF2N6O4S/c1-4-22(37)34-10-11-35(15(2)14-34)25-16-12-19(30)24(23-17(28)6-5-7-18(23)29)32-26(16)36(27(38)33-25)20-13-31-9-8-21(20)41(3,39)40/h4-9,12-13,15H,1,10-11,14H2,2-3H3/t15-/m0/s1. The second-order valence-electron chi connectivity index (χ2n) is 9.49. The van der Waals surface area contributed by atoms with Gasteiger partial charge >= 0.3 is 5.69 Å². The number of nitrogens with zero attached hydrogens (tertiary/aromatic N) is 6. The lowest BCUT2D eigenvalue weighted by Crippen LogP contribution is -2.54. The van der Waals surface area contributed by atoms with Crippen LogP contribution in [0, 0.1) is 11.6 Å². The van der Waals surface area contributed by atoms with Gasteiger partial charge in [-0.25, -0.2) is 31.5 Å². The van der Waals surface area contributed by atoms with Gasteiger partial charge in [0.1, 0.15) is 17.3 Å². The average Bonchev–Trinajstić information content (AvgIpc) is 2.92. The summed E-state index contributed by atoms with van der Waals surface area (Å²) in [7, 11) is -3.87. The highest BCUT2D eigenvalue weighted by molar-refractivity contribution is 7.90. The first-order chi connectivity index (χ1) is 19.4. The summed E-state index contributed by atoms with van der Waals surface area (Å²) >= 11 is 6.22. The molecule has 0 unspecified atom stereocenters. The summed E-state index contributed by atoms with van der Waals surface area (Å²) in [4.78, 5) is 41.5. The van der Waals surface area contributed by atoms with Gasteiger partial charge in [-0.2, -0.15) is 4.98 Å². The van der Waals surface area contributed by atoms with Crippen LogP contribution in [-0.4, -0.2) is 70.7 Å². The molecule has 14 heteroatoms. The van der Waals surface area contributed by atoms with E-state index < -0.39 is 32.9 Å². The van der Waals surface area contributed by atoms with Crippen LogP contribution >= 0.6 is 11.6 Å². The maximum atomic E-state index is 15.7. The third kappa shape index (κ3) is 5.06. The first kappa shape index (κ1) is 28.3. The average molecular weight is 601 g/mol. The minimum absolute atomic E-state index is 0.0527. The summed E-state index contributed by atoms with van der Waals surface area (Å²) in [6.07, 6.45) is 4.57. The van der Waals surface area contributed by atoms with Crippen molar-refractivity contribution >= 4 is 44.2 Å². The van der Waals surface area contributed by atoms with E-state index in [2.05, 4.69) is 21.5 Å². The molecule has 0 N–H and O–H groups in total. The molecule has 0 radical (unpaired) electrons. The Morgan fingerprint density at radius 3 is 2.59 bits per heavy atom. The fourth-order valence-corrected chi connectivity index (χ4v) is 5.98. The molecule has 1 amide bonds. The number of rotatable bonds is 5. The number of piperazine rings is 1. The van der Waals surface area contributed by atoms with Crippen molar-refractivity contribution in [1.82, 2.24) is 24.4 Å². The van der Waals surface area contributed by atoms with Crippen LogP contribution in [0.3, 0.4) is 0 Å². The van der Waals surface area contributed by atoms with Crippen LogP contribution in [0.1, 0.15) is 6.92 Å². The quantitative estimate of drug-likeness (QED) is 0.320. The summed E-state index contributed by atoms with van der Waals surface area (Å²) in [6.45, 7) is 6.12. The molecular formula is C27H23ClF2N6O4S. The number of halogens is 3. The van der Waals surface area contributed by atoms with Gasteiger partial charge in [0.25, 0.3) is 0 Å². The fraction of sp³-hybridized carbons (Fsp3) is 0.222. The predicted octanol–water partition coefficient (Wildman–Crippen LogP) is 3.40. The van der Waals surface area contributed by atoms with Crippen LogP contribution in [0.25, 0.3) is 28.0 Å². The maximum Gasteiger partial charge on any atom is 0.355 e. The summed E-state index contributed by atoms with van der Waals surface area (Å²) in [5, 5.41) is -0.0641. The van der Waals surface area contributed by atoms with E-state index in [9.17, 15) is 22.4 Å². The van der Waals surface area contributed by atoms with Gasteiger partial charge < -0.3 is 9.80 Å². The predicted molar refractivity (Wildman–Crippen MR) is 150 cm³/mol. The molecule has 1 saturated heterocycles. The Labute approximate surface area is 238 Å². The van der Waals surface area contributed by atoms with Gasteiger partial charge in [0.2, 0.25) is 5.91 Å². The maximum absolute atomic E-state index is 15.7. The molecule has 1 fully saturated rings. The number of aromatic nitrogens is 4. The monoisotopic (exact) mass is 600 g/mol. The second-order valence-corrected chi connectivity index (χ2v) is 11.9. The van der Waals surface area contributed by atoms with Gasteiger partial charge in [-0.15, -0.1) is 0 Å². The smallest absolute Gasteiger partial charge is 0.350 e. The van der Waals surface area contributed by atoms with Gasteiger partial charge in [0.05, 0.1) is 32.8 Å². The first-order valence-electron chi connectivity index (χ1n) is 12.3. The number of carbonyl (C=O) groups excluding carboxylic acids is 1. The molecule has 1 aliphatic rings. The van der Waals surface area contributed by atoms with Crippen LogP contribution in [-0.2, 0) is 14.6 Å². The van der Waals surface area contributed by atoms with Crippen molar-refractivity contribution < 1.29 is 22.0 Å². The molecule has 0 bridgehead atoms. The Bertz CT molecular complexity index is 1880. The molecule has 0 saturated carbocycles. The van der Waals surface area contributed by atoms with E-state index in [0.29, 0.717) is 0 Å². The van der Waals surface area contributed by atoms with Crippen LogP contribution in [0.4, 0.5) is 14.6 Å². The van der Waals surface area contributed by atoms with E-state index in [1.807, 2.05) is 6.92 Å². The first-order valence-corrected chi connectivity index (χ1v) is 14.6. The number of hydrogen-bond acceptors (Lipinski definition) is 8. The van der Waals surface area contributed by atoms with Crippen LogP contribution in [0.5, 0.6) is 0 Å². The highest BCUT2D eigenvalue weighted by Gasteiger charge is 2.31. The molecule has 212 valence electrons. The highest BCUT2D eigenvalue weighted by Crippen LogP contribution is 2.35. The van der Waals surface area contributed by atoms with Crippen molar-refractivity contribution in [3.63, 3.8) is 0 Å². The van der Waals surface area contributed by atoms with E-state index in [4.69, 9.17) is 11.6 Å². The summed E-state index contributed by atoms with van der Waals surface area (Å²) < 4.78 is 56.8. The number of hydrogen-bond donors (Lipinski definition) is 0. The second kappa shape index (κ2) is 10.6. The molecule has 0 spiro atoms. The lowest BCUT2D eigenvalue weighted by atomic mass is 10.1. The zero-order valence-corrected chi connectivity index (χ0v) is 23.5. The van der Waals surface area contributed by atoms with Crippen molar-refractivity contribution in [2.75, 3.05) is 30.8 Å². The molecule has 1 atom stereocenters. The molecule has 4 heterocycles. The van der Waals surface area contributed by atoms with Crippen molar-refractivity contribution in [2.24, 2.45) is 0 Å². The van der Waals surface area contributed by atoms with Crippen LogP contribution in [0.2, 0.25) is 5.02 Å². The molecule has 1 aromatic carbocycles. The number of fused-ring (bicyclic) bond motifs is 1. The zero-order valence-electron chi connectivity index (χ0n) is 21.9. The lowest BCUT2D eigenvalue weighted by molar-refractivity contribution is -0.126. The van der Waals surface area contributed by atoms with Gasteiger partial charge in [-0.1, -0.05) is 24.2 Å². The Morgan fingerprint density at radius 1 is 1.17 bits per heavy atom. The highest BCUT2D eigenvalue weighted by atomic mass is 35.5. The zero-order chi connectivity index (χ0) is 29.6. The van der Waals surface area contributed by atoms with E-state index >= 15 is 4.39 Å². The van der Waals surface area contributed by atoms with E-state index in [1.54, 1.807) is 9.80 Å². The normalized spacial score (nSPS) is 15.8. The Morgan fingerprint density at radius 2 is 1.93 bits per heavy atom. The molecule has 41 heavy (non-hydrogen) atoms. The Hall–Kier alpha value is -4.23. The van der Waals surface area contributed by atoms with Crippen LogP contribution < -0.4 is 10.6 Å². The van der Waals surface area contributed by atoms with Gasteiger partial charge in [-0.3, -0.25) is 9.78 Å². The Balaban J connectivity index is 1.83. The van der Waals surface area contributed by atoms with E-state index in [-0.39, 0.29) is 69.6 Å². The molecule has 10 nitrogen and oxygen atoms in total. The molecule has 4 aromatic rings. The fourth-order valence-electron chi connectivity index (χ4n) is 4.90. The van der Waals surface area contributed by atoms with Crippen molar-refractivity contribution in [3.05, 3.63) is 82.5 Å². The van der Waals surface area contributed by atoms with E-state index in [1.165, 1.54) is 30.5 Å². The van der Waals surface area contributed by atoms with Crippen LogP contribution in [0.15, 0.2) is 65.1 Å². The van der Waals surface area contributed by atoms with Crippen molar-refractivity contribution in [2.45, 2.75) is 17.9 Å². The minimum Gasteiger partial charge on any atom is -0.350 e. The van der Waals surface area contributed by atoms with Gasteiger partial charge in [-0.05, 0) is 37.3 Å². The molecular weight excluding hydrogens is 578 g/mol. The topological polar surface area (TPSA) is 118 Å². The largest absolute Gasteiger partial charge is 0.355 e. The molecule has 3 aromatic heterocycles. The number of benzene rings is 1. The third-order valence-corrected chi connectivity index (χ3v) is 8.25. The summed E-state index contributed by atoms with van der Waals surface area (Å²) in [5.74, 6) is -1.97. The molecule has 5 rings (SSSR count). The SMILES string of the molecule is C=CC(=O)N1CCN(c2nc(=O)n(-c3cnccc3S(C)(=O)=O)c3nc(-c4c(F)cccc4Cl)c(F)cc23)[C@@H](C)C1. The Kier molecular flexibility index (Phi) is 7.34. The number of sulfone groups is 1. The van der Waals surface area contributed by atoms with E-state index in [0.717, 1.165) is 29.2 Å². The lowest BCUT2D eigenvalue weighted by Gasteiger charge is -2.40. The van der Waals surface area contributed by atoms with Gasteiger partial charge in [0, 0.05) is 38.1 Å². The summed E-state index contributed by atoms with van der Waals surface area (Å²) in [5.41, 5.74) is -2.09. The molecule has 0 aliphatic carbocycles.